The van der Waals surface area contributed by atoms with Crippen molar-refractivity contribution in [2.24, 2.45) is 0 Å². The molecule has 0 spiro atoms. The summed E-state index contributed by atoms with van der Waals surface area (Å²) < 4.78 is 0.786. The molecule has 0 bridgehead atoms. The molecule has 3 nitrogen and oxygen atoms in total. The Kier molecular flexibility index (Phi) is 2.46. The summed E-state index contributed by atoms with van der Waals surface area (Å²) in [4.78, 5) is 10.8. The molecule has 2 N–H and O–H groups in total. The predicted molar refractivity (Wildman–Crippen MR) is 62.4 cm³/mol. The highest BCUT2D eigenvalue weighted by Crippen LogP contribution is 2.38. The molecular formula is C11H12BrNO2. The number of hydrogen-bond donors (Lipinski definition) is 2. The van der Waals surface area contributed by atoms with Gasteiger partial charge in [-0.05, 0) is 38.0 Å². The van der Waals surface area contributed by atoms with E-state index in [1.165, 1.54) is 0 Å². The van der Waals surface area contributed by atoms with Crippen LogP contribution in [0.1, 0.15) is 30.1 Å². The lowest BCUT2D eigenvalue weighted by molar-refractivity contribution is 0.0697. The molecule has 1 saturated carbocycles. The normalized spacial score (nSPS) is 17.2. The summed E-state index contributed by atoms with van der Waals surface area (Å²) in [5, 5.41) is 12.2. The van der Waals surface area contributed by atoms with E-state index in [0.29, 0.717) is 5.56 Å². The van der Waals surface area contributed by atoms with Crippen LogP contribution in [0.2, 0.25) is 0 Å². The first-order valence-corrected chi connectivity index (χ1v) is 5.60. The van der Waals surface area contributed by atoms with Gasteiger partial charge < -0.3 is 10.4 Å². The Labute approximate surface area is 96.6 Å². The van der Waals surface area contributed by atoms with E-state index in [1.54, 1.807) is 12.1 Å². The third-order valence-electron chi connectivity index (χ3n) is 2.59. The van der Waals surface area contributed by atoms with Gasteiger partial charge >= 0.3 is 5.97 Å². The number of halogens is 1. The first kappa shape index (κ1) is 10.5. The van der Waals surface area contributed by atoms with Gasteiger partial charge in [0.05, 0.1) is 5.56 Å². The maximum Gasteiger partial charge on any atom is 0.335 e. The molecule has 2 rings (SSSR count). The molecule has 1 fully saturated rings. The van der Waals surface area contributed by atoms with E-state index in [4.69, 9.17) is 5.11 Å². The Hall–Kier alpha value is -1.03. The van der Waals surface area contributed by atoms with Gasteiger partial charge in [0.2, 0.25) is 0 Å². The number of hydrogen-bond acceptors (Lipinski definition) is 2. The number of rotatable bonds is 3. The summed E-state index contributed by atoms with van der Waals surface area (Å²) in [6, 6.07) is 5.16. The molecule has 0 heterocycles. The molecule has 1 aromatic carbocycles. The number of benzene rings is 1. The minimum Gasteiger partial charge on any atom is -0.478 e. The topological polar surface area (TPSA) is 49.3 Å². The van der Waals surface area contributed by atoms with Crippen LogP contribution >= 0.6 is 15.9 Å². The molecule has 0 amide bonds. The highest BCUT2D eigenvalue weighted by Gasteiger charge is 2.37. The van der Waals surface area contributed by atoms with E-state index in [1.807, 2.05) is 6.07 Å². The highest BCUT2D eigenvalue weighted by molar-refractivity contribution is 9.10. The zero-order chi connectivity index (χ0) is 11.1. The highest BCUT2D eigenvalue weighted by atomic mass is 79.9. The first-order chi connectivity index (χ1) is 6.98. The van der Waals surface area contributed by atoms with Crippen molar-refractivity contribution < 1.29 is 9.90 Å². The lowest BCUT2D eigenvalue weighted by Crippen LogP contribution is -2.16. The van der Waals surface area contributed by atoms with Gasteiger partial charge in [-0.25, -0.2) is 4.79 Å². The van der Waals surface area contributed by atoms with Gasteiger partial charge in [-0.2, -0.15) is 0 Å². The van der Waals surface area contributed by atoms with Gasteiger partial charge in [-0.15, -0.1) is 0 Å². The number of carboxylic acid groups (broad SMARTS) is 1. The molecule has 15 heavy (non-hydrogen) atoms. The van der Waals surface area contributed by atoms with Gasteiger partial charge in [0.25, 0.3) is 0 Å². The molecule has 0 saturated heterocycles. The third kappa shape index (κ3) is 2.50. The molecule has 1 aliphatic rings. The van der Waals surface area contributed by atoms with Gasteiger partial charge in [0.1, 0.15) is 0 Å². The zero-order valence-corrected chi connectivity index (χ0v) is 9.97. The van der Waals surface area contributed by atoms with Crippen LogP contribution in [0.4, 0.5) is 5.69 Å². The Bertz CT molecular complexity index is 413. The predicted octanol–water partition coefficient (Wildman–Crippen LogP) is 3.11. The summed E-state index contributed by atoms with van der Waals surface area (Å²) in [7, 11) is 0. The largest absolute Gasteiger partial charge is 0.478 e. The Balaban J connectivity index is 2.27. The molecule has 1 aliphatic carbocycles. The third-order valence-corrected chi connectivity index (χ3v) is 3.05. The summed E-state index contributed by atoms with van der Waals surface area (Å²) in [5.74, 6) is -0.902. The van der Waals surface area contributed by atoms with Gasteiger partial charge in [-0.3, -0.25) is 0 Å². The summed E-state index contributed by atoms with van der Waals surface area (Å²) in [6.07, 6.45) is 2.28. The summed E-state index contributed by atoms with van der Waals surface area (Å²) >= 11 is 3.31. The molecule has 80 valence electrons. The molecule has 0 aliphatic heterocycles. The van der Waals surface area contributed by atoms with Crippen molar-refractivity contribution in [3.8, 4) is 0 Å². The minimum absolute atomic E-state index is 0.163. The smallest absolute Gasteiger partial charge is 0.335 e. The minimum atomic E-state index is -0.902. The van der Waals surface area contributed by atoms with E-state index in [0.717, 1.165) is 23.0 Å². The first-order valence-electron chi connectivity index (χ1n) is 4.81. The standard InChI is InChI=1S/C11H12BrNO2/c1-11(2-3-11)13-9-5-7(10(14)15)4-8(12)6-9/h4-6,13H,2-3H2,1H3,(H,14,15). The fourth-order valence-electron chi connectivity index (χ4n) is 1.45. The summed E-state index contributed by atoms with van der Waals surface area (Å²) in [6.45, 7) is 2.13. The number of nitrogens with one attached hydrogen (secondary N) is 1. The van der Waals surface area contributed by atoms with E-state index in [2.05, 4.69) is 28.2 Å². The lowest BCUT2D eigenvalue weighted by Gasteiger charge is -2.13. The summed E-state index contributed by atoms with van der Waals surface area (Å²) in [5.41, 5.74) is 1.33. The van der Waals surface area contributed by atoms with Crippen molar-refractivity contribution in [2.75, 3.05) is 5.32 Å². The second kappa shape index (κ2) is 3.52. The second-order valence-electron chi connectivity index (χ2n) is 4.22. The number of aromatic carboxylic acids is 1. The van der Waals surface area contributed by atoms with Crippen molar-refractivity contribution >= 4 is 27.6 Å². The Morgan fingerprint density at radius 3 is 2.67 bits per heavy atom. The van der Waals surface area contributed by atoms with E-state index in [-0.39, 0.29) is 5.54 Å². The molecule has 0 radical (unpaired) electrons. The molecule has 0 aromatic heterocycles. The zero-order valence-electron chi connectivity index (χ0n) is 8.38. The van der Waals surface area contributed by atoms with Crippen molar-refractivity contribution in [3.63, 3.8) is 0 Å². The van der Waals surface area contributed by atoms with Crippen LogP contribution in [0.3, 0.4) is 0 Å². The van der Waals surface area contributed by atoms with Gasteiger partial charge in [-0.1, -0.05) is 15.9 Å². The monoisotopic (exact) mass is 269 g/mol. The Morgan fingerprint density at radius 2 is 2.13 bits per heavy atom. The van der Waals surface area contributed by atoms with Crippen LogP contribution in [0.15, 0.2) is 22.7 Å². The van der Waals surface area contributed by atoms with Crippen molar-refractivity contribution in [3.05, 3.63) is 28.2 Å². The van der Waals surface area contributed by atoms with Crippen molar-refractivity contribution in [2.45, 2.75) is 25.3 Å². The van der Waals surface area contributed by atoms with Crippen molar-refractivity contribution in [1.29, 1.82) is 0 Å². The molecule has 0 atom stereocenters. The molecular weight excluding hydrogens is 258 g/mol. The quantitative estimate of drug-likeness (QED) is 0.887. The SMILES string of the molecule is CC1(Nc2cc(Br)cc(C(=O)O)c2)CC1. The number of anilines is 1. The maximum absolute atomic E-state index is 10.8. The van der Waals surface area contributed by atoms with Crippen LogP contribution in [-0.4, -0.2) is 16.6 Å². The van der Waals surface area contributed by atoms with Crippen LogP contribution in [0.5, 0.6) is 0 Å². The lowest BCUT2D eigenvalue weighted by atomic mass is 10.2. The van der Waals surface area contributed by atoms with Gasteiger partial charge in [0, 0.05) is 15.7 Å². The fourth-order valence-corrected chi connectivity index (χ4v) is 1.94. The van der Waals surface area contributed by atoms with Crippen molar-refractivity contribution in [1.82, 2.24) is 0 Å². The van der Waals surface area contributed by atoms with E-state index < -0.39 is 5.97 Å². The molecule has 0 unspecified atom stereocenters. The van der Waals surface area contributed by atoms with E-state index in [9.17, 15) is 4.79 Å². The van der Waals surface area contributed by atoms with Crippen LogP contribution in [-0.2, 0) is 0 Å². The van der Waals surface area contributed by atoms with Crippen LogP contribution < -0.4 is 5.32 Å². The average molecular weight is 270 g/mol. The molecule has 1 aromatic rings. The number of carboxylic acids is 1. The second-order valence-corrected chi connectivity index (χ2v) is 5.14. The fraction of sp³-hybridized carbons (Fsp3) is 0.364. The van der Waals surface area contributed by atoms with E-state index >= 15 is 0 Å². The van der Waals surface area contributed by atoms with Crippen LogP contribution in [0, 0.1) is 0 Å². The number of carbonyl (C=O) groups is 1. The average Bonchev–Trinajstić information content (AvgIpc) is 2.81. The molecule has 4 heteroatoms. The van der Waals surface area contributed by atoms with Gasteiger partial charge in [0.15, 0.2) is 0 Å². The van der Waals surface area contributed by atoms with Crippen LogP contribution in [0.25, 0.3) is 0 Å². The Morgan fingerprint density at radius 1 is 1.47 bits per heavy atom. The maximum atomic E-state index is 10.8.